The van der Waals surface area contributed by atoms with Crippen LogP contribution in [0.2, 0.25) is 0 Å². The van der Waals surface area contributed by atoms with E-state index in [4.69, 9.17) is 10.5 Å². The zero-order valence-electron chi connectivity index (χ0n) is 10.7. The van der Waals surface area contributed by atoms with Gasteiger partial charge in [-0.25, -0.2) is 0 Å². The highest BCUT2D eigenvalue weighted by molar-refractivity contribution is 5.21. The van der Waals surface area contributed by atoms with Crippen molar-refractivity contribution >= 4 is 0 Å². The molecule has 0 spiro atoms. The second kappa shape index (κ2) is 6.18. The summed E-state index contributed by atoms with van der Waals surface area (Å²) in [6, 6.07) is 8.41. The van der Waals surface area contributed by atoms with Crippen molar-refractivity contribution in [1.29, 1.82) is 0 Å². The minimum absolute atomic E-state index is 0.466. The average Bonchev–Trinajstić information content (AvgIpc) is 2.37. The number of hydrogen-bond acceptors (Lipinski definition) is 2. The number of nitrogens with two attached hydrogens (primary N) is 1. The SMILES string of the molecule is CC1CCCC(OCc2ccc(CN)cc2)C1. The first kappa shape index (κ1) is 12.6. The van der Waals surface area contributed by atoms with Crippen LogP contribution < -0.4 is 5.73 Å². The van der Waals surface area contributed by atoms with Gasteiger partial charge >= 0.3 is 0 Å². The van der Waals surface area contributed by atoms with Crippen molar-refractivity contribution in [2.75, 3.05) is 0 Å². The molecule has 94 valence electrons. The fourth-order valence-electron chi connectivity index (χ4n) is 2.52. The molecule has 1 saturated carbocycles. The molecule has 0 saturated heterocycles. The largest absolute Gasteiger partial charge is 0.374 e. The van der Waals surface area contributed by atoms with E-state index in [1.54, 1.807) is 0 Å². The molecule has 2 heteroatoms. The zero-order valence-corrected chi connectivity index (χ0v) is 10.7. The highest BCUT2D eigenvalue weighted by Gasteiger charge is 2.18. The molecule has 0 bridgehead atoms. The van der Waals surface area contributed by atoms with Crippen LogP contribution in [0.15, 0.2) is 24.3 Å². The van der Waals surface area contributed by atoms with Crippen LogP contribution in [0.4, 0.5) is 0 Å². The summed E-state index contributed by atoms with van der Waals surface area (Å²) in [6.45, 7) is 3.68. The summed E-state index contributed by atoms with van der Waals surface area (Å²) in [6.07, 6.45) is 5.60. The first-order valence-corrected chi connectivity index (χ1v) is 6.67. The Morgan fingerprint density at radius 1 is 1.18 bits per heavy atom. The molecule has 2 N–H and O–H groups in total. The van der Waals surface area contributed by atoms with Gasteiger partial charge in [0.1, 0.15) is 0 Å². The topological polar surface area (TPSA) is 35.2 Å². The number of rotatable bonds is 4. The molecule has 0 heterocycles. The van der Waals surface area contributed by atoms with Crippen molar-refractivity contribution in [2.24, 2.45) is 11.7 Å². The second-order valence-electron chi connectivity index (χ2n) is 5.23. The van der Waals surface area contributed by atoms with Crippen LogP contribution in [-0.2, 0) is 17.9 Å². The Bertz CT molecular complexity index is 333. The molecule has 2 atom stereocenters. The van der Waals surface area contributed by atoms with Gasteiger partial charge < -0.3 is 10.5 Å². The molecule has 2 rings (SSSR count). The molecule has 1 fully saturated rings. The van der Waals surface area contributed by atoms with Gasteiger partial charge in [-0.1, -0.05) is 44.0 Å². The zero-order chi connectivity index (χ0) is 12.1. The predicted octanol–water partition coefficient (Wildman–Crippen LogP) is 3.24. The summed E-state index contributed by atoms with van der Waals surface area (Å²) in [5, 5.41) is 0. The average molecular weight is 233 g/mol. The van der Waals surface area contributed by atoms with Crippen LogP contribution in [0.25, 0.3) is 0 Å². The van der Waals surface area contributed by atoms with Crippen LogP contribution in [0, 0.1) is 5.92 Å². The van der Waals surface area contributed by atoms with Gasteiger partial charge in [-0.3, -0.25) is 0 Å². The third-order valence-electron chi connectivity index (χ3n) is 3.63. The van der Waals surface area contributed by atoms with Crippen LogP contribution in [-0.4, -0.2) is 6.10 Å². The van der Waals surface area contributed by atoms with E-state index in [2.05, 4.69) is 31.2 Å². The van der Waals surface area contributed by atoms with E-state index >= 15 is 0 Å². The van der Waals surface area contributed by atoms with Gasteiger partial charge in [-0.15, -0.1) is 0 Å². The molecule has 2 unspecified atom stereocenters. The summed E-state index contributed by atoms with van der Waals surface area (Å²) in [7, 11) is 0. The molecule has 1 aliphatic rings. The van der Waals surface area contributed by atoms with Gasteiger partial charge in [0.2, 0.25) is 0 Å². The van der Waals surface area contributed by atoms with Crippen LogP contribution in [0.1, 0.15) is 43.7 Å². The van der Waals surface area contributed by atoms with Crippen molar-refractivity contribution in [2.45, 2.75) is 51.9 Å². The van der Waals surface area contributed by atoms with Crippen molar-refractivity contribution in [3.8, 4) is 0 Å². The molecule has 0 aromatic heterocycles. The third kappa shape index (κ3) is 3.83. The summed E-state index contributed by atoms with van der Waals surface area (Å²) in [5.74, 6) is 0.827. The Hall–Kier alpha value is -0.860. The normalized spacial score (nSPS) is 24.8. The van der Waals surface area contributed by atoms with Gasteiger partial charge in [-0.05, 0) is 29.9 Å². The van der Waals surface area contributed by atoms with Crippen LogP contribution >= 0.6 is 0 Å². The fraction of sp³-hybridized carbons (Fsp3) is 0.600. The van der Waals surface area contributed by atoms with Crippen molar-refractivity contribution in [3.05, 3.63) is 35.4 Å². The van der Waals surface area contributed by atoms with Crippen LogP contribution in [0.5, 0.6) is 0 Å². The first-order valence-electron chi connectivity index (χ1n) is 6.67. The standard InChI is InChI=1S/C15H23NO/c1-12-3-2-4-15(9-12)17-11-14-7-5-13(10-16)6-8-14/h5-8,12,15H,2-4,9-11,16H2,1H3. The van der Waals surface area contributed by atoms with E-state index in [0.717, 1.165) is 12.5 Å². The maximum atomic E-state index is 5.98. The van der Waals surface area contributed by atoms with E-state index in [-0.39, 0.29) is 0 Å². The smallest absolute Gasteiger partial charge is 0.0720 e. The Balaban J connectivity index is 1.80. The molecule has 0 radical (unpaired) electrons. The van der Waals surface area contributed by atoms with E-state index in [9.17, 15) is 0 Å². The maximum Gasteiger partial charge on any atom is 0.0720 e. The lowest BCUT2D eigenvalue weighted by Gasteiger charge is -2.26. The second-order valence-corrected chi connectivity index (χ2v) is 5.23. The monoisotopic (exact) mass is 233 g/mol. The molecular formula is C15H23NO. The summed E-state index contributed by atoms with van der Waals surface area (Å²) in [5.41, 5.74) is 8.01. The Morgan fingerprint density at radius 3 is 2.53 bits per heavy atom. The Kier molecular flexibility index (Phi) is 4.57. The molecule has 0 aliphatic heterocycles. The number of benzene rings is 1. The van der Waals surface area contributed by atoms with Crippen molar-refractivity contribution in [1.82, 2.24) is 0 Å². The first-order chi connectivity index (χ1) is 8.28. The van der Waals surface area contributed by atoms with E-state index in [1.165, 1.54) is 36.8 Å². The van der Waals surface area contributed by atoms with Gasteiger partial charge in [0, 0.05) is 6.54 Å². The minimum atomic E-state index is 0.466. The highest BCUT2D eigenvalue weighted by Crippen LogP contribution is 2.26. The minimum Gasteiger partial charge on any atom is -0.374 e. The molecule has 1 aromatic carbocycles. The highest BCUT2D eigenvalue weighted by atomic mass is 16.5. The molecule has 1 aliphatic carbocycles. The molecule has 17 heavy (non-hydrogen) atoms. The lowest BCUT2D eigenvalue weighted by molar-refractivity contribution is 0.00466. The van der Waals surface area contributed by atoms with Gasteiger partial charge in [-0.2, -0.15) is 0 Å². The lowest BCUT2D eigenvalue weighted by Crippen LogP contribution is -2.21. The van der Waals surface area contributed by atoms with Crippen molar-refractivity contribution in [3.63, 3.8) is 0 Å². The maximum absolute atomic E-state index is 5.98. The fourth-order valence-corrected chi connectivity index (χ4v) is 2.52. The predicted molar refractivity (Wildman–Crippen MR) is 70.5 cm³/mol. The third-order valence-corrected chi connectivity index (χ3v) is 3.63. The van der Waals surface area contributed by atoms with E-state index in [0.29, 0.717) is 12.6 Å². The molecular weight excluding hydrogens is 210 g/mol. The molecule has 1 aromatic rings. The van der Waals surface area contributed by atoms with Gasteiger partial charge in [0.15, 0.2) is 0 Å². The molecule has 2 nitrogen and oxygen atoms in total. The van der Waals surface area contributed by atoms with Gasteiger partial charge in [0.05, 0.1) is 12.7 Å². The Labute approximate surface area is 104 Å². The van der Waals surface area contributed by atoms with Crippen molar-refractivity contribution < 1.29 is 4.74 Å². The Morgan fingerprint density at radius 2 is 1.88 bits per heavy atom. The number of hydrogen-bond donors (Lipinski definition) is 1. The summed E-state index contributed by atoms with van der Waals surface area (Å²) in [4.78, 5) is 0. The summed E-state index contributed by atoms with van der Waals surface area (Å²) >= 11 is 0. The molecule has 0 amide bonds. The van der Waals surface area contributed by atoms with Gasteiger partial charge in [0.25, 0.3) is 0 Å². The lowest BCUT2D eigenvalue weighted by atomic mass is 9.89. The van der Waals surface area contributed by atoms with E-state index in [1.807, 2.05) is 0 Å². The van der Waals surface area contributed by atoms with E-state index < -0.39 is 0 Å². The van der Waals surface area contributed by atoms with Crippen LogP contribution in [0.3, 0.4) is 0 Å². The quantitative estimate of drug-likeness (QED) is 0.866. The number of ether oxygens (including phenoxy) is 1. The summed E-state index contributed by atoms with van der Waals surface area (Å²) < 4.78 is 5.98.